The van der Waals surface area contributed by atoms with E-state index in [1.54, 1.807) is 42.6 Å². The van der Waals surface area contributed by atoms with Crippen LogP contribution in [0.5, 0.6) is 5.75 Å². The maximum Gasteiger partial charge on any atom is 0.295 e. The van der Waals surface area contributed by atoms with E-state index in [9.17, 15) is 18.5 Å². The first-order chi connectivity index (χ1) is 14.4. The van der Waals surface area contributed by atoms with Gasteiger partial charge in [0, 0.05) is 12.3 Å². The molecule has 1 aromatic heterocycles. The van der Waals surface area contributed by atoms with Crippen molar-refractivity contribution < 1.29 is 18.1 Å². The second-order valence-electron chi connectivity index (χ2n) is 5.87. The number of nitro benzene ring substituents is 1. The van der Waals surface area contributed by atoms with Crippen LogP contribution in [0.1, 0.15) is 5.69 Å². The van der Waals surface area contributed by atoms with Crippen molar-refractivity contribution in [1.29, 1.82) is 0 Å². The maximum absolute atomic E-state index is 12.7. The van der Waals surface area contributed by atoms with Crippen LogP contribution in [0.2, 0.25) is 0 Å². The first-order valence-corrected chi connectivity index (χ1v) is 10.0. The highest BCUT2D eigenvalue weighted by atomic mass is 32.2. The Morgan fingerprint density at radius 1 is 1.10 bits per heavy atom. The van der Waals surface area contributed by atoms with Crippen molar-refractivity contribution in [2.75, 3.05) is 17.3 Å². The number of ether oxygens (including phenoxy) is 1. The number of hydrazone groups is 1. The molecule has 0 saturated heterocycles. The number of benzene rings is 2. The van der Waals surface area contributed by atoms with E-state index >= 15 is 0 Å². The number of aromatic nitrogens is 1. The van der Waals surface area contributed by atoms with Gasteiger partial charge in [0.15, 0.2) is 0 Å². The SMILES string of the molecule is COc1ccccc1NS(=O)(=O)c1ccc(NN=Cc2ccccn2)c([N+](=O)[O-])c1. The molecule has 11 heteroatoms. The molecule has 1 heterocycles. The summed E-state index contributed by atoms with van der Waals surface area (Å²) in [7, 11) is -2.69. The van der Waals surface area contributed by atoms with E-state index in [0.717, 1.165) is 6.07 Å². The fourth-order valence-electron chi connectivity index (χ4n) is 2.48. The monoisotopic (exact) mass is 427 g/mol. The first-order valence-electron chi connectivity index (χ1n) is 8.55. The molecule has 0 atom stereocenters. The van der Waals surface area contributed by atoms with E-state index in [2.05, 4.69) is 20.2 Å². The minimum Gasteiger partial charge on any atom is -0.495 e. The molecule has 0 saturated carbocycles. The molecular formula is C19H17N5O5S. The average Bonchev–Trinajstić information content (AvgIpc) is 2.74. The van der Waals surface area contributed by atoms with Gasteiger partial charge in [-0.15, -0.1) is 0 Å². The number of nitrogens with zero attached hydrogens (tertiary/aromatic N) is 3. The van der Waals surface area contributed by atoms with E-state index in [-0.39, 0.29) is 16.3 Å². The summed E-state index contributed by atoms with van der Waals surface area (Å²) in [4.78, 5) is 14.5. The normalized spacial score (nSPS) is 11.2. The third-order valence-corrected chi connectivity index (χ3v) is 5.26. The highest BCUT2D eigenvalue weighted by Crippen LogP contribution is 2.30. The van der Waals surface area contributed by atoms with Gasteiger partial charge in [0.05, 0.1) is 34.5 Å². The summed E-state index contributed by atoms with van der Waals surface area (Å²) in [5.41, 5.74) is 2.89. The van der Waals surface area contributed by atoms with Gasteiger partial charge in [-0.05, 0) is 36.4 Å². The fourth-order valence-corrected chi connectivity index (χ4v) is 3.57. The minimum atomic E-state index is -4.09. The number of methoxy groups -OCH3 is 1. The number of rotatable bonds is 8. The Morgan fingerprint density at radius 3 is 2.57 bits per heavy atom. The van der Waals surface area contributed by atoms with E-state index in [0.29, 0.717) is 11.4 Å². The van der Waals surface area contributed by atoms with Gasteiger partial charge in [-0.3, -0.25) is 25.2 Å². The predicted octanol–water partition coefficient (Wildman–Crippen LogP) is 3.25. The van der Waals surface area contributed by atoms with E-state index < -0.39 is 20.6 Å². The third-order valence-electron chi connectivity index (χ3n) is 3.90. The molecule has 0 aliphatic heterocycles. The molecule has 154 valence electrons. The summed E-state index contributed by atoms with van der Waals surface area (Å²) >= 11 is 0. The summed E-state index contributed by atoms with van der Waals surface area (Å²) in [5, 5.41) is 15.4. The van der Waals surface area contributed by atoms with Crippen LogP contribution in [0.25, 0.3) is 0 Å². The Hall–Kier alpha value is -3.99. The van der Waals surface area contributed by atoms with Crippen molar-refractivity contribution in [2.24, 2.45) is 5.10 Å². The number of anilines is 2. The van der Waals surface area contributed by atoms with E-state index in [4.69, 9.17) is 4.74 Å². The van der Waals surface area contributed by atoms with Crippen molar-refractivity contribution in [3.8, 4) is 5.75 Å². The van der Waals surface area contributed by atoms with Gasteiger partial charge in [0.25, 0.3) is 15.7 Å². The number of hydrogen-bond acceptors (Lipinski definition) is 8. The molecule has 0 bridgehead atoms. The molecule has 2 N–H and O–H groups in total. The van der Waals surface area contributed by atoms with E-state index in [1.165, 1.54) is 31.5 Å². The number of pyridine rings is 1. The second kappa shape index (κ2) is 9.01. The highest BCUT2D eigenvalue weighted by molar-refractivity contribution is 7.92. The minimum absolute atomic E-state index is 0.0309. The summed E-state index contributed by atoms with van der Waals surface area (Å²) in [5.74, 6) is 0.317. The molecule has 0 amide bonds. The van der Waals surface area contributed by atoms with Crippen LogP contribution in [0, 0.1) is 10.1 Å². The van der Waals surface area contributed by atoms with Crippen LogP contribution >= 0.6 is 0 Å². The fraction of sp³-hybridized carbons (Fsp3) is 0.0526. The molecular weight excluding hydrogens is 410 g/mol. The molecule has 0 unspecified atom stereocenters. The van der Waals surface area contributed by atoms with Crippen molar-refractivity contribution in [3.63, 3.8) is 0 Å². The molecule has 3 aromatic rings. The second-order valence-corrected chi connectivity index (χ2v) is 7.55. The van der Waals surface area contributed by atoms with Gasteiger partial charge >= 0.3 is 0 Å². The van der Waals surface area contributed by atoms with Crippen LogP contribution in [0.15, 0.2) is 76.9 Å². The zero-order valence-electron chi connectivity index (χ0n) is 15.7. The van der Waals surface area contributed by atoms with Crippen LogP contribution < -0.4 is 14.9 Å². The molecule has 10 nitrogen and oxygen atoms in total. The van der Waals surface area contributed by atoms with Gasteiger partial charge in [0.1, 0.15) is 11.4 Å². The lowest BCUT2D eigenvalue weighted by Crippen LogP contribution is -2.14. The molecule has 2 aromatic carbocycles. The zero-order valence-corrected chi connectivity index (χ0v) is 16.5. The van der Waals surface area contributed by atoms with Crippen molar-refractivity contribution in [3.05, 3.63) is 82.7 Å². The molecule has 3 rings (SSSR count). The molecule has 30 heavy (non-hydrogen) atoms. The molecule has 0 radical (unpaired) electrons. The standard InChI is InChI=1S/C19H17N5O5S/c1-29-19-8-3-2-7-17(19)23-30(27,28)15-9-10-16(18(12-15)24(25)26)22-21-13-14-6-4-5-11-20-14/h2-13,22-23H,1H3. The Morgan fingerprint density at radius 2 is 1.87 bits per heavy atom. The number of nitrogens with one attached hydrogen (secondary N) is 2. The Labute approximate surface area is 172 Å². The lowest BCUT2D eigenvalue weighted by molar-refractivity contribution is -0.384. The Kier molecular flexibility index (Phi) is 6.23. The first kappa shape index (κ1) is 20.7. The lowest BCUT2D eigenvalue weighted by atomic mass is 10.3. The number of para-hydroxylation sites is 2. The smallest absolute Gasteiger partial charge is 0.295 e. The Balaban J connectivity index is 1.87. The Bertz CT molecular complexity index is 1180. The van der Waals surface area contributed by atoms with Gasteiger partial charge in [0.2, 0.25) is 0 Å². The summed E-state index contributed by atoms with van der Waals surface area (Å²) < 4.78 is 32.9. The zero-order chi connectivity index (χ0) is 21.6. The van der Waals surface area contributed by atoms with Gasteiger partial charge < -0.3 is 4.74 Å². The molecule has 0 fully saturated rings. The van der Waals surface area contributed by atoms with Gasteiger partial charge in [-0.1, -0.05) is 18.2 Å². The number of hydrogen-bond donors (Lipinski definition) is 2. The number of nitro groups is 1. The van der Waals surface area contributed by atoms with Crippen molar-refractivity contribution >= 4 is 33.3 Å². The van der Waals surface area contributed by atoms with Crippen LogP contribution in [-0.2, 0) is 10.0 Å². The highest BCUT2D eigenvalue weighted by Gasteiger charge is 2.22. The summed E-state index contributed by atoms with van der Waals surface area (Å²) in [6, 6.07) is 15.1. The molecule has 0 aliphatic carbocycles. The quantitative estimate of drug-likeness (QED) is 0.320. The van der Waals surface area contributed by atoms with Crippen LogP contribution in [0.3, 0.4) is 0 Å². The topological polar surface area (TPSA) is 136 Å². The largest absolute Gasteiger partial charge is 0.495 e. The average molecular weight is 427 g/mol. The molecule has 0 spiro atoms. The van der Waals surface area contributed by atoms with Gasteiger partial charge in [-0.2, -0.15) is 5.10 Å². The lowest BCUT2D eigenvalue weighted by Gasteiger charge is -2.12. The summed E-state index contributed by atoms with van der Waals surface area (Å²) in [6.45, 7) is 0. The van der Waals surface area contributed by atoms with Crippen LogP contribution in [0.4, 0.5) is 17.1 Å². The molecule has 0 aliphatic rings. The summed E-state index contributed by atoms with van der Waals surface area (Å²) in [6.07, 6.45) is 2.97. The predicted molar refractivity (Wildman–Crippen MR) is 112 cm³/mol. The number of sulfonamides is 1. The third kappa shape index (κ3) is 4.89. The van der Waals surface area contributed by atoms with Crippen LogP contribution in [-0.4, -0.2) is 31.6 Å². The van der Waals surface area contributed by atoms with Crippen molar-refractivity contribution in [2.45, 2.75) is 4.90 Å². The van der Waals surface area contributed by atoms with Crippen molar-refractivity contribution in [1.82, 2.24) is 4.98 Å². The maximum atomic E-state index is 12.7. The van der Waals surface area contributed by atoms with Gasteiger partial charge in [-0.25, -0.2) is 8.42 Å². The van der Waals surface area contributed by atoms with E-state index in [1.807, 2.05) is 0 Å².